The zero-order valence-corrected chi connectivity index (χ0v) is 10.2. The first-order valence-corrected chi connectivity index (χ1v) is 6.27. The van der Waals surface area contributed by atoms with Crippen LogP contribution in [0.15, 0.2) is 0 Å². The maximum Gasteiger partial charge on any atom is 0.389 e. The molecule has 0 radical (unpaired) electrons. The first-order valence-electron chi connectivity index (χ1n) is 6.27. The second-order valence-electron chi connectivity index (χ2n) is 4.81. The van der Waals surface area contributed by atoms with Crippen LogP contribution in [0.2, 0.25) is 0 Å². The van der Waals surface area contributed by atoms with E-state index in [0.717, 1.165) is 12.8 Å². The molecule has 1 unspecified atom stereocenters. The van der Waals surface area contributed by atoms with Crippen molar-refractivity contribution >= 4 is 0 Å². The molecule has 2 nitrogen and oxygen atoms in total. The van der Waals surface area contributed by atoms with Gasteiger partial charge < -0.3 is 9.84 Å². The highest BCUT2D eigenvalue weighted by Crippen LogP contribution is 2.34. The summed E-state index contributed by atoms with van der Waals surface area (Å²) < 4.78 is 41.0. The van der Waals surface area contributed by atoms with E-state index in [0.29, 0.717) is 25.0 Å². The summed E-state index contributed by atoms with van der Waals surface area (Å²) in [6.07, 6.45) is -2.44. The van der Waals surface area contributed by atoms with Crippen molar-refractivity contribution in [1.29, 1.82) is 0 Å². The third-order valence-corrected chi connectivity index (χ3v) is 3.20. The van der Waals surface area contributed by atoms with Gasteiger partial charge in [-0.05, 0) is 44.9 Å². The largest absolute Gasteiger partial charge is 0.393 e. The lowest BCUT2D eigenvalue weighted by Gasteiger charge is -2.36. The van der Waals surface area contributed by atoms with Gasteiger partial charge in [0.1, 0.15) is 0 Å². The molecule has 0 heterocycles. The molecule has 1 N–H and O–H groups in total. The fourth-order valence-corrected chi connectivity index (χ4v) is 2.28. The Labute approximate surface area is 100 Å². The summed E-state index contributed by atoms with van der Waals surface area (Å²) in [6.45, 7) is 2.64. The monoisotopic (exact) mass is 254 g/mol. The Hall–Kier alpha value is -0.290. The smallest absolute Gasteiger partial charge is 0.389 e. The first kappa shape index (κ1) is 14.8. The predicted octanol–water partition coefficient (Wildman–Crippen LogP) is 3.29. The number of hydrogen-bond acceptors (Lipinski definition) is 2. The summed E-state index contributed by atoms with van der Waals surface area (Å²) in [7, 11) is 0. The molecule has 1 atom stereocenters. The standard InChI is InChI=1S/C12H21F3O2/c1-2-17-11-7-9(8-11)6-10(16)4-3-5-12(13,14)15/h9-11,16H,2-8H2,1H3. The molecule has 1 rings (SSSR count). The van der Waals surface area contributed by atoms with Crippen LogP contribution in [0.1, 0.15) is 45.4 Å². The molecule has 102 valence electrons. The van der Waals surface area contributed by atoms with Crippen LogP contribution in [-0.4, -0.2) is 30.1 Å². The minimum absolute atomic E-state index is 0.0201. The van der Waals surface area contributed by atoms with Gasteiger partial charge >= 0.3 is 6.18 Å². The van der Waals surface area contributed by atoms with Gasteiger partial charge in [-0.2, -0.15) is 13.2 Å². The predicted molar refractivity (Wildman–Crippen MR) is 58.7 cm³/mol. The van der Waals surface area contributed by atoms with E-state index in [4.69, 9.17) is 4.74 Å². The molecule has 5 heteroatoms. The molecule has 0 bridgehead atoms. The van der Waals surface area contributed by atoms with Gasteiger partial charge in [0.25, 0.3) is 0 Å². The molecule has 1 aliphatic carbocycles. The molecule has 0 amide bonds. The van der Waals surface area contributed by atoms with Gasteiger partial charge in [-0.25, -0.2) is 0 Å². The second-order valence-corrected chi connectivity index (χ2v) is 4.81. The van der Waals surface area contributed by atoms with Gasteiger partial charge in [-0.15, -0.1) is 0 Å². The van der Waals surface area contributed by atoms with Crippen LogP contribution >= 0.6 is 0 Å². The molecule has 1 fully saturated rings. The van der Waals surface area contributed by atoms with Crippen molar-refractivity contribution in [3.05, 3.63) is 0 Å². The van der Waals surface area contributed by atoms with Crippen molar-refractivity contribution in [2.24, 2.45) is 5.92 Å². The Balaban J connectivity index is 2.01. The van der Waals surface area contributed by atoms with E-state index >= 15 is 0 Å². The van der Waals surface area contributed by atoms with Crippen LogP contribution in [-0.2, 0) is 4.74 Å². The molecule has 0 saturated heterocycles. The average molecular weight is 254 g/mol. The van der Waals surface area contributed by atoms with Crippen LogP contribution in [0, 0.1) is 5.92 Å². The molecule has 0 aromatic carbocycles. The number of rotatable bonds is 7. The topological polar surface area (TPSA) is 29.5 Å². The normalized spacial score (nSPS) is 26.6. The molecule has 0 spiro atoms. The molecule has 17 heavy (non-hydrogen) atoms. The minimum atomic E-state index is -4.10. The van der Waals surface area contributed by atoms with E-state index in [2.05, 4.69) is 0 Å². The van der Waals surface area contributed by atoms with E-state index in [1.807, 2.05) is 6.92 Å². The first-order chi connectivity index (χ1) is 7.90. The van der Waals surface area contributed by atoms with E-state index in [1.165, 1.54) is 0 Å². The van der Waals surface area contributed by atoms with Gasteiger partial charge in [0.15, 0.2) is 0 Å². The maximum atomic E-state index is 11.9. The van der Waals surface area contributed by atoms with Crippen molar-refractivity contribution in [2.45, 2.75) is 63.8 Å². The summed E-state index contributed by atoms with van der Waals surface area (Å²) in [5.74, 6) is 0.424. The number of ether oxygens (including phenoxy) is 1. The Morgan fingerprint density at radius 2 is 2.00 bits per heavy atom. The summed E-state index contributed by atoms with van der Waals surface area (Å²) in [5, 5.41) is 9.59. The van der Waals surface area contributed by atoms with Gasteiger partial charge in [-0.1, -0.05) is 0 Å². The van der Waals surface area contributed by atoms with Crippen LogP contribution < -0.4 is 0 Å². The van der Waals surface area contributed by atoms with Crippen molar-refractivity contribution in [2.75, 3.05) is 6.61 Å². The molecule has 1 aliphatic rings. The van der Waals surface area contributed by atoms with Gasteiger partial charge in [0, 0.05) is 13.0 Å². The molecule has 0 aromatic rings. The van der Waals surface area contributed by atoms with Crippen molar-refractivity contribution < 1.29 is 23.0 Å². The minimum Gasteiger partial charge on any atom is -0.393 e. The molecule has 0 aliphatic heterocycles. The van der Waals surface area contributed by atoms with E-state index in [1.54, 1.807) is 0 Å². The van der Waals surface area contributed by atoms with E-state index in [-0.39, 0.29) is 12.8 Å². The summed E-state index contributed by atoms with van der Waals surface area (Å²) in [5.41, 5.74) is 0. The molecule has 1 saturated carbocycles. The molecular weight excluding hydrogens is 233 g/mol. The Morgan fingerprint density at radius 3 is 2.53 bits per heavy atom. The van der Waals surface area contributed by atoms with E-state index < -0.39 is 18.7 Å². The maximum absolute atomic E-state index is 11.9. The fraction of sp³-hybridized carbons (Fsp3) is 1.00. The summed E-state index contributed by atoms with van der Waals surface area (Å²) >= 11 is 0. The lowest BCUT2D eigenvalue weighted by molar-refractivity contribution is -0.136. The zero-order valence-electron chi connectivity index (χ0n) is 10.2. The highest BCUT2D eigenvalue weighted by molar-refractivity contribution is 4.82. The van der Waals surface area contributed by atoms with Gasteiger partial charge in [0.05, 0.1) is 12.2 Å². The van der Waals surface area contributed by atoms with Crippen molar-refractivity contribution in [1.82, 2.24) is 0 Å². The Morgan fingerprint density at radius 1 is 1.35 bits per heavy atom. The SMILES string of the molecule is CCOC1CC(CC(O)CCCC(F)(F)F)C1. The zero-order chi connectivity index (χ0) is 12.9. The fourth-order valence-electron chi connectivity index (χ4n) is 2.28. The number of aliphatic hydroxyl groups excluding tert-OH is 1. The third kappa shape index (κ3) is 6.27. The van der Waals surface area contributed by atoms with Crippen LogP contribution in [0.5, 0.6) is 0 Å². The van der Waals surface area contributed by atoms with Crippen molar-refractivity contribution in [3.8, 4) is 0 Å². The Kier molecular flexibility index (Phi) is 5.73. The van der Waals surface area contributed by atoms with Gasteiger partial charge in [-0.3, -0.25) is 0 Å². The number of hydrogen-bond donors (Lipinski definition) is 1. The van der Waals surface area contributed by atoms with Crippen molar-refractivity contribution in [3.63, 3.8) is 0 Å². The lowest BCUT2D eigenvalue weighted by atomic mass is 9.78. The average Bonchev–Trinajstić information content (AvgIpc) is 2.12. The number of alkyl halides is 3. The van der Waals surface area contributed by atoms with Crippen LogP contribution in [0.3, 0.4) is 0 Å². The van der Waals surface area contributed by atoms with Crippen LogP contribution in [0.25, 0.3) is 0 Å². The van der Waals surface area contributed by atoms with E-state index in [9.17, 15) is 18.3 Å². The highest BCUT2D eigenvalue weighted by Gasteiger charge is 2.31. The summed E-state index contributed by atoms with van der Waals surface area (Å²) in [4.78, 5) is 0. The third-order valence-electron chi connectivity index (χ3n) is 3.20. The lowest BCUT2D eigenvalue weighted by Crippen LogP contribution is -2.33. The molecular formula is C12H21F3O2. The summed E-state index contributed by atoms with van der Waals surface area (Å²) in [6, 6.07) is 0. The number of halogens is 3. The van der Waals surface area contributed by atoms with Crippen LogP contribution in [0.4, 0.5) is 13.2 Å². The molecule has 0 aromatic heterocycles. The Bertz CT molecular complexity index is 212. The quantitative estimate of drug-likeness (QED) is 0.755. The van der Waals surface area contributed by atoms with Gasteiger partial charge in [0.2, 0.25) is 0 Å². The second kappa shape index (κ2) is 6.59. The highest BCUT2D eigenvalue weighted by atomic mass is 19.4. The number of aliphatic hydroxyl groups is 1.